The second-order valence-electron chi connectivity index (χ2n) is 13.3. The highest BCUT2D eigenvalue weighted by molar-refractivity contribution is 7.21. The Morgan fingerprint density at radius 3 is 2.53 bits per heavy atom. The van der Waals surface area contributed by atoms with Crippen LogP contribution in [0.5, 0.6) is 0 Å². The normalized spacial score (nSPS) is 15.6. The van der Waals surface area contributed by atoms with Crippen LogP contribution in [0.1, 0.15) is 40.7 Å². The van der Waals surface area contributed by atoms with E-state index < -0.39 is 11.9 Å². The second kappa shape index (κ2) is 16.2. The number of ether oxygens (including phenoxy) is 2. The molecule has 0 aliphatic carbocycles. The highest BCUT2D eigenvalue weighted by atomic mass is 32.1. The van der Waals surface area contributed by atoms with Crippen LogP contribution in [0.2, 0.25) is 0 Å². The number of carbonyl (C=O) groups is 3. The molecular formula is C40H41FN6O5S. The molecule has 1 atom stereocenters. The van der Waals surface area contributed by atoms with Crippen LogP contribution in [0, 0.1) is 5.82 Å². The number of aryl methyl sites for hydroxylation is 1. The molecule has 0 bridgehead atoms. The molecule has 3 aromatic carbocycles. The summed E-state index contributed by atoms with van der Waals surface area (Å²) in [6.07, 6.45) is 4.05. The minimum atomic E-state index is -0.623. The number of hydrogen-bond donors (Lipinski definition) is 2. The van der Waals surface area contributed by atoms with Crippen molar-refractivity contribution in [2.75, 3.05) is 57.3 Å². The Hall–Kier alpha value is -5.24. The number of pyridine rings is 1. The van der Waals surface area contributed by atoms with E-state index in [0.29, 0.717) is 62.1 Å². The van der Waals surface area contributed by atoms with Gasteiger partial charge in [0.2, 0.25) is 11.8 Å². The smallest absolute Gasteiger partial charge is 0.255 e. The van der Waals surface area contributed by atoms with Crippen LogP contribution in [0.15, 0.2) is 72.9 Å². The molecule has 1 saturated heterocycles. The van der Waals surface area contributed by atoms with Crippen LogP contribution in [0.25, 0.3) is 31.9 Å². The summed E-state index contributed by atoms with van der Waals surface area (Å²) in [7, 11) is 3.86. The van der Waals surface area contributed by atoms with Gasteiger partial charge in [-0.25, -0.2) is 14.4 Å². The van der Waals surface area contributed by atoms with E-state index in [4.69, 9.17) is 14.5 Å². The molecule has 11 nitrogen and oxygen atoms in total. The van der Waals surface area contributed by atoms with Crippen LogP contribution in [-0.2, 0) is 32.0 Å². The number of benzene rings is 3. The number of nitrogens with one attached hydrogen (secondary N) is 2. The number of anilines is 2. The molecule has 0 radical (unpaired) electrons. The van der Waals surface area contributed by atoms with Crippen LogP contribution in [-0.4, -0.2) is 85.7 Å². The summed E-state index contributed by atoms with van der Waals surface area (Å²) in [5, 5.41) is 6.31. The molecule has 3 amide bonds. The van der Waals surface area contributed by atoms with Crippen LogP contribution in [0.4, 0.5) is 15.9 Å². The molecule has 1 fully saturated rings. The summed E-state index contributed by atoms with van der Waals surface area (Å²) < 4.78 is 27.8. The van der Waals surface area contributed by atoms with Crippen molar-refractivity contribution in [2.24, 2.45) is 0 Å². The molecule has 5 aromatic rings. The van der Waals surface area contributed by atoms with Gasteiger partial charge in [0.05, 0.1) is 30.0 Å². The minimum Gasteiger partial charge on any atom is -0.383 e. The lowest BCUT2D eigenvalue weighted by molar-refractivity contribution is -0.136. The number of aromatic nitrogens is 2. The van der Waals surface area contributed by atoms with Crippen LogP contribution >= 0.6 is 11.3 Å². The van der Waals surface area contributed by atoms with Crippen molar-refractivity contribution in [3.05, 3.63) is 95.4 Å². The van der Waals surface area contributed by atoms with Crippen molar-refractivity contribution in [1.82, 2.24) is 20.2 Å². The van der Waals surface area contributed by atoms with Gasteiger partial charge in [-0.05, 0) is 90.6 Å². The van der Waals surface area contributed by atoms with E-state index >= 15 is 4.39 Å². The van der Waals surface area contributed by atoms with Crippen molar-refractivity contribution in [1.29, 1.82) is 0 Å². The molecule has 13 heteroatoms. The zero-order valence-corrected chi connectivity index (χ0v) is 30.5. The van der Waals surface area contributed by atoms with E-state index in [1.54, 1.807) is 29.3 Å². The van der Waals surface area contributed by atoms with Gasteiger partial charge < -0.3 is 24.6 Å². The summed E-state index contributed by atoms with van der Waals surface area (Å²) in [6, 6.07) is 20.2. The molecule has 0 spiro atoms. The summed E-state index contributed by atoms with van der Waals surface area (Å²) in [4.78, 5) is 49.3. The fraction of sp³-hybridized carbons (Fsp3) is 0.325. The Morgan fingerprint density at radius 1 is 0.943 bits per heavy atom. The predicted molar refractivity (Wildman–Crippen MR) is 204 cm³/mol. The van der Waals surface area contributed by atoms with Gasteiger partial charge in [0, 0.05) is 68.8 Å². The topological polar surface area (TPSA) is 126 Å². The highest BCUT2D eigenvalue weighted by Gasteiger charge is 2.39. The highest BCUT2D eigenvalue weighted by Crippen LogP contribution is 2.34. The SMILES string of the molecule is CN(C)c1ccc(-c2ccc(-c3nc4ccc(CCCOCCOCCNc5ccc6c(c5)CN(C5CCC(=O)NC5=O)C6=O)cc4s3)c(F)c2)cn1. The Kier molecular flexibility index (Phi) is 11.0. The van der Waals surface area contributed by atoms with Crippen molar-refractivity contribution >= 4 is 50.8 Å². The first kappa shape index (κ1) is 36.1. The molecule has 274 valence electrons. The first-order chi connectivity index (χ1) is 25.7. The number of rotatable bonds is 15. The summed E-state index contributed by atoms with van der Waals surface area (Å²) in [5.41, 5.74) is 6.46. The van der Waals surface area contributed by atoms with E-state index in [9.17, 15) is 14.4 Å². The van der Waals surface area contributed by atoms with E-state index in [1.807, 2.05) is 55.4 Å². The molecule has 0 saturated carbocycles. The zero-order chi connectivity index (χ0) is 36.9. The third kappa shape index (κ3) is 8.38. The second-order valence-corrected chi connectivity index (χ2v) is 14.4. The number of thiazole rings is 1. The number of fused-ring (bicyclic) bond motifs is 2. The molecular weight excluding hydrogens is 696 g/mol. The zero-order valence-electron chi connectivity index (χ0n) is 29.7. The molecule has 53 heavy (non-hydrogen) atoms. The fourth-order valence-corrected chi connectivity index (χ4v) is 7.64. The maximum absolute atomic E-state index is 15.3. The van der Waals surface area contributed by atoms with Gasteiger partial charge in [-0.15, -0.1) is 11.3 Å². The fourth-order valence-electron chi connectivity index (χ4n) is 6.58. The van der Waals surface area contributed by atoms with Crippen molar-refractivity contribution in [3.63, 3.8) is 0 Å². The number of nitrogens with zero attached hydrogens (tertiary/aromatic N) is 4. The Bertz CT molecular complexity index is 2140. The van der Waals surface area contributed by atoms with E-state index in [-0.39, 0.29) is 24.1 Å². The van der Waals surface area contributed by atoms with Gasteiger partial charge in [-0.1, -0.05) is 12.1 Å². The lowest BCUT2D eigenvalue weighted by Crippen LogP contribution is -2.52. The molecule has 2 aliphatic rings. The number of piperidine rings is 1. The minimum absolute atomic E-state index is 0.184. The summed E-state index contributed by atoms with van der Waals surface area (Å²) >= 11 is 1.49. The molecule has 2 aromatic heterocycles. The lowest BCUT2D eigenvalue weighted by atomic mass is 10.0. The number of carbonyl (C=O) groups excluding carboxylic acids is 3. The Balaban J connectivity index is 0.798. The van der Waals surface area contributed by atoms with Gasteiger partial charge in [0.15, 0.2) is 0 Å². The molecule has 7 rings (SSSR count). The Labute approximate surface area is 311 Å². The summed E-state index contributed by atoms with van der Waals surface area (Å²) in [5.74, 6) is -0.359. The maximum Gasteiger partial charge on any atom is 0.255 e. The van der Waals surface area contributed by atoms with E-state index in [0.717, 1.165) is 51.3 Å². The van der Waals surface area contributed by atoms with Crippen molar-refractivity contribution in [3.8, 4) is 21.7 Å². The average Bonchev–Trinajstić information content (AvgIpc) is 3.72. The standard InChI is InChI=1S/C40H41FN6O5S/c1-46(2)36-13-7-27(23-43-36)26-6-9-31(32(41)22-26)39-44-33-11-5-25(20-35(33)53-39)4-3-16-51-18-19-52-17-15-42-29-8-10-30-28(21-29)24-47(40(30)50)34-12-14-37(48)45-38(34)49/h5-11,13,20-23,34,42H,3-4,12,14-19,24H2,1-2H3,(H,45,48,49). The van der Waals surface area contributed by atoms with E-state index in [1.165, 1.54) is 16.9 Å². The van der Waals surface area contributed by atoms with Crippen molar-refractivity contribution in [2.45, 2.75) is 38.3 Å². The molecule has 4 heterocycles. The van der Waals surface area contributed by atoms with Gasteiger partial charge in [0.1, 0.15) is 22.7 Å². The van der Waals surface area contributed by atoms with Crippen LogP contribution < -0.4 is 15.5 Å². The van der Waals surface area contributed by atoms with Crippen LogP contribution in [0.3, 0.4) is 0 Å². The van der Waals surface area contributed by atoms with Gasteiger partial charge in [0.25, 0.3) is 5.91 Å². The maximum atomic E-state index is 15.3. The number of hydrogen-bond acceptors (Lipinski definition) is 10. The van der Waals surface area contributed by atoms with Crippen molar-refractivity contribution < 1.29 is 28.2 Å². The Morgan fingerprint density at radius 2 is 1.75 bits per heavy atom. The van der Waals surface area contributed by atoms with E-state index in [2.05, 4.69) is 27.8 Å². The largest absolute Gasteiger partial charge is 0.383 e. The molecule has 2 N–H and O–H groups in total. The summed E-state index contributed by atoms with van der Waals surface area (Å²) in [6.45, 7) is 3.02. The van der Waals surface area contributed by atoms with Gasteiger partial charge in [-0.3, -0.25) is 19.7 Å². The van der Waals surface area contributed by atoms with Gasteiger partial charge >= 0.3 is 0 Å². The first-order valence-electron chi connectivity index (χ1n) is 17.7. The molecule has 1 unspecified atom stereocenters. The lowest BCUT2D eigenvalue weighted by Gasteiger charge is -2.29. The third-order valence-corrected chi connectivity index (χ3v) is 10.5. The quantitative estimate of drug-likeness (QED) is 0.0974. The number of imide groups is 1. The predicted octanol–water partition coefficient (Wildman–Crippen LogP) is 6.07. The average molecular weight is 737 g/mol. The van der Waals surface area contributed by atoms with Gasteiger partial charge in [-0.2, -0.15) is 0 Å². The monoisotopic (exact) mass is 736 g/mol. The number of halogens is 1. The third-order valence-electron chi connectivity index (χ3n) is 9.42. The number of amides is 3. The molecule has 2 aliphatic heterocycles. The first-order valence-corrected chi connectivity index (χ1v) is 18.6.